The second-order valence-corrected chi connectivity index (χ2v) is 9.63. The minimum absolute atomic E-state index is 0.223. The normalized spacial score (nSPS) is 22.6. The van der Waals surface area contributed by atoms with Crippen LogP contribution in [-0.2, 0) is 4.79 Å². The number of carbonyl (C=O) groups is 3. The Bertz CT molecular complexity index is 1490. The first-order valence-electron chi connectivity index (χ1n) is 12.0. The van der Waals surface area contributed by atoms with Crippen LogP contribution in [0.4, 0.5) is 10.1 Å². The highest BCUT2D eigenvalue weighted by atomic mass is 19.1. The molecule has 0 aromatic heterocycles. The van der Waals surface area contributed by atoms with E-state index in [0.717, 1.165) is 0 Å². The topological polar surface area (TPSA) is 72.9 Å². The van der Waals surface area contributed by atoms with Crippen LogP contribution >= 0.6 is 0 Å². The van der Waals surface area contributed by atoms with E-state index in [-0.39, 0.29) is 17.3 Å². The van der Waals surface area contributed by atoms with Crippen molar-refractivity contribution in [2.75, 3.05) is 19.1 Å². The molecule has 1 spiro atoms. The Morgan fingerprint density at radius 2 is 1.65 bits per heavy atom. The molecule has 1 aliphatic carbocycles. The van der Waals surface area contributed by atoms with E-state index in [9.17, 15) is 18.8 Å². The second-order valence-electron chi connectivity index (χ2n) is 9.63. The van der Waals surface area contributed by atoms with Crippen LogP contribution in [0.2, 0.25) is 0 Å². The highest BCUT2D eigenvalue weighted by Crippen LogP contribution is 2.61. The van der Waals surface area contributed by atoms with Gasteiger partial charge in [-0.1, -0.05) is 36.4 Å². The van der Waals surface area contributed by atoms with Gasteiger partial charge in [0.25, 0.3) is 0 Å². The minimum atomic E-state index is -1.64. The van der Waals surface area contributed by atoms with Gasteiger partial charge in [0, 0.05) is 33.9 Å². The van der Waals surface area contributed by atoms with Crippen molar-refractivity contribution in [1.29, 1.82) is 0 Å². The van der Waals surface area contributed by atoms with E-state index in [2.05, 4.69) is 0 Å². The van der Waals surface area contributed by atoms with Gasteiger partial charge in [-0.2, -0.15) is 0 Å². The molecule has 3 aromatic carbocycles. The first kappa shape index (κ1) is 23.2. The summed E-state index contributed by atoms with van der Waals surface area (Å²) in [4.78, 5) is 44.2. The maximum atomic E-state index is 14.4. The third kappa shape index (κ3) is 2.94. The molecule has 37 heavy (non-hydrogen) atoms. The molecule has 3 atom stereocenters. The highest BCUT2D eigenvalue weighted by molar-refractivity contribution is 6.32. The summed E-state index contributed by atoms with van der Waals surface area (Å²) in [6.45, 7) is 1.46. The number of ketones is 3. The van der Waals surface area contributed by atoms with Gasteiger partial charge in [-0.15, -0.1) is 0 Å². The minimum Gasteiger partial charge on any atom is -0.497 e. The Morgan fingerprint density at radius 3 is 2.27 bits per heavy atom. The number of Topliss-reactive ketones (excluding diaryl/α,β-unsaturated/α-hetero) is 3. The van der Waals surface area contributed by atoms with E-state index in [4.69, 9.17) is 9.47 Å². The fraction of sp³-hybridized carbons (Fsp3) is 0.233. The van der Waals surface area contributed by atoms with Gasteiger partial charge in [0.15, 0.2) is 17.3 Å². The molecule has 3 aromatic rings. The predicted molar refractivity (Wildman–Crippen MR) is 136 cm³/mol. The molecular formula is C30H24FNO5. The average Bonchev–Trinajstić information content (AvgIpc) is 3.34. The van der Waals surface area contributed by atoms with Gasteiger partial charge in [0.2, 0.25) is 0 Å². The van der Waals surface area contributed by atoms with Crippen molar-refractivity contribution >= 4 is 29.1 Å². The summed E-state index contributed by atoms with van der Waals surface area (Å²) in [5.74, 6) is -1.26. The zero-order chi connectivity index (χ0) is 26.1. The Morgan fingerprint density at radius 1 is 0.946 bits per heavy atom. The van der Waals surface area contributed by atoms with Gasteiger partial charge >= 0.3 is 0 Å². The molecule has 186 valence electrons. The van der Waals surface area contributed by atoms with E-state index in [0.29, 0.717) is 39.4 Å². The van der Waals surface area contributed by atoms with Gasteiger partial charge in [-0.3, -0.25) is 14.4 Å². The molecule has 0 N–H and O–H groups in total. The SMILES string of the molecule is COc1ccc(OC)c([C@H]2[C@H](C(C)=O)N3c4ccc(F)cc4C=CC3C23C(=O)c2ccccc2C3=O)c1. The summed E-state index contributed by atoms with van der Waals surface area (Å²) in [7, 11) is 3.03. The molecule has 1 fully saturated rings. The molecule has 2 aliphatic heterocycles. The summed E-state index contributed by atoms with van der Waals surface area (Å²) < 4.78 is 25.3. The first-order valence-corrected chi connectivity index (χ1v) is 12.0. The second kappa shape index (κ2) is 8.13. The fourth-order valence-corrected chi connectivity index (χ4v) is 6.53. The molecule has 0 radical (unpaired) electrons. The summed E-state index contributed by atoms with van der Waals surface area (Å²) >= 11 is 0. The number of fused-ring (bicyclic) bond motifs is 5. The third-order valence-electron chi connectivity index (χ3n) is 7.95. The van der Waals surface area contributed by atoms with E-state index in [1.54, 1.807) is 60.7 Å². The number of methoxy groups -OCH3 is 2. The monoisotopic (exact) mass is 497 g/mol. The van der Waals surface area contributed by atoms with Gasteiger partial charge in [0.05, 0.1) is 26.3 Å². The molecule has 6 rings (SSSR count). The van der Waals surface area contributed by atoms with Gasteiger partial charge in [-0.25, -0.2) is 4.39 Å². The van der Waals surface area contributed by atoms with Crippen molar-refractivity contribution in [3.8, 4) is 11.5 Å². The van der Waals surface area contributed by atoms with Crippen LogP contribution in [-0.4, -0.2) is 43.7 Å². The molecule has 1 saturated heterocycles. The Balaban J connectivity index is 1.71. The number of hydrogen-bond acceptors (Lipinski definition) is 6. The van der Waals surface area contributed by atoms with Gasteiger partial charge < -0.3 is 14.4 Å². The lowest BCUT2D eigenvalue weighted by Gasteiger charge is -2.37. The van der Waals surface area contributed by atoms with Crippen molar-refractivity contribution in [2.45, 2.75) is 24.9 Å². The number of rotatable bonds is 4. The van der Waals surface area contributed by atoms with Crippen LogP contribution < -0.4 is 14.4 Å². The van der Waals surface area contributed by atoms with E-state index >= 15 is 0 Å². The molecule has 3 aliphatic rings. The molecular weight excluding hydrogens is 473 g/mol. The fourth-order valence-electron chi connectivity index (χ4n) is 6.53. The first-order chi connectivity index (χ1) is 17.8. The lowest BCUT2D eigenvalue weighted by atomic mass is 9.64. The molecule has 0 bridgehead atoms. The number of ether oxygens (including phenoxy) is 2. The van der Waals surface area contributed by atoms with Crippen LogP contribution in [0.15, 0.2) is 66.7 Å². The average molecular weight is 498 g/mol. The molecule has 7 heteroatoms. The van der Waals surface area contributed by atoms with E-state index < -0.39 is 29.2 Å². The lowest BCUT2D eigenvalue weighted by Crippen LogP contribution is -2.48. The zero-order valence-corrected chi connectivity index (χ0v) is 20.5. The molecule has 1 unspecified atom stereocenters. The van der Waals surface area contributed by atoms with Crippen molar-refractivity contribution in [1.82, 2.24) is 0 Å². The molecule has 0 amide bonds. The van der Waals surface area contributed by atoms with E-state index in [1.165, 1.54) is 33.3 Å². The summed E-state index contributed by atoms with van der Waals surface area (Å²) in [6, 6.07) is 14.6. The highest BCUT2D eigenvalue weighted by Gasteiger charge is 2.71. The lowest BCUT2D eigenvalue weighted by molar-refractivity contribution is -0.118. The van der Waals surface area contributed by atoms with Crippen LogP contribution in [0.3, 0.4) is 0 Å². The van der Waals surface area contributed by atoms with Crippen molar-refractivity contribution < 1.29 is 28.2 Å². The Kier molecular flexibility index (Phi) is 5.09. The number of benzene rings is 3. The maximum Gasteiger partial charge on any atom is 0.180 e. The van der Waals surface area contributed by atoms with Crippen molar-refractivity contribution in [2.24, 2.45) is 5.41 Å². The van der Waals surface area contributed by atoms with Crippen LogP contribution in [0.25, 0.3) is 6.08 Å². The number of carbonyl (C=O) groups excluding carboxylic acids is 3. The van der Waals surface area contributed by atoms with Gasteiger partial charge in [0.1, 0.15) is 22.7 Å². The predicted octanol–water partition coefficient (Wildman–Crippen LogP) is 4.87. The summed E-state index contributed by atoms with van der Waals surface area (Å²) in [5, 5.41) is 0. The largest absolute Gasteiger partial charge is 0.497 e. The zero-order valence-electron chi connectivity index (χ0n) is 20.5. The maximum absolute atomic E-state index is 14.4. The number of nitrogens with zero attached hydrogens (tertiary/aromatic N) is 1. The Labute approximate surface area is 213 Å². The van der Waals surface area contributed by atoms with Crippen LogP contribution in [0.5, 0.6) is 11.5 Å². The molecule has 6 nitrogen and oxygen atoms in total. The standard InChI is InChI=1S/C30H24FNO5/c1-16(33)27-26(22-15-19(36-2)10-12-24(22)37-3)30(28(34)20-6-4-5-7-21(20)29(30)35)25-13-8-17-14-18(31)9-11-23(17)32(25)27/h4-15,25-27H,1-3H3/t25?,26-,27-/m0/s1. The van der Waals surface area contributed by atoms with Gasteiger partial charge in [-0.05, 0) is 43.3 Å². The van der Waals surface area contributed by atoms with Crippen LogP contribution in [0.1, 0.15) is 44.7 Å². The third-order valence-corrected chi connectivity index (χ3v) is 7.95. The van der Waals surface area contributed by atoms with Crippen molar-refractivity contribution in [3.63, 3.8) is 0 Å². The Hall–Kier alpha value is -4.26. The quantitative estimate of drug-likeness (QED) is 0.479. The number of hydrogen-bond donors (Lipinski definition) is 0. The molecule has 0 saturated carbocycles. The smallest absolute Gasteiger partial charge is 0.180 e. The summed E-state index contributed by atoms with van der Waals surface area (Å²) in [6.07, 6.45) is 3.49. The van der Waals surface area contributed by atoms with E-state index in [1.807, 2.05) is 4.90 Å². The summed E-state index contributed by atoms with van der Waals surface area (Å²) in [5.41, 5.74) is 0.731. The van der Waals surface area contributed by atoms with Crippen molar-refractivity contribution in [3.05, 3.63) is 94.8 Å². The van der Waals surface area contributed by atoms with Crippen LogP contribution in [0, 0.1) is 11.2 Å². The number of anilines is 1. The molecule has 2 heterocycles. The number of halogens is 1.